The molecule has 11 heavy (non-hydrogen) atoms. The third kappa shape index (κ3) is 5.18. The zero-order chi connectivity index (χ0) is 8.85. The van der Waals surface area contributed by atoms with Gasteiger partial charge in [0.2, 0.25) is 0 Å². The fraction of sp³-hybridized carbons (Fsp3) is 1.00. The number of nitrogens with two attached hydrogens (primary N) is 1. The summed E-state index contributed by atoms with van der Waals surface area (Å²) in [5, 5.41) is 1.79. The van der Waals surface area contributed by atoms with Crippen molar-refractivity contribution in [1.82, 2.24) is 5.06 Å². The van der Waals surface area contributed by atoms with E-state index in [-0.39, 0.29) is 6.04 Å². The fourth-order valence-corrected chi connectivity index (χ4v) is 0.755. The molecule has 0 aromatic carbocycles. The van der Waals surface area contributed by atoms with Crippen molar-refractivity contribution in [2.24, 2.45) is 11.7 Å². The van der Waals surface area contributed by atoms with Crippen LogP contribution in [0.2, 0.25) is 0 Å². The van der Waals surface area contributed by atoms with E-state index < -0.39 is 0 Å². The Morgan fingerprint density at radius 2 is 2.00 bits per heavy atom. The Hall–Kier alpha value is -0.120. The zero-order valence-corrected chi connectivity index (χ0v) is 8.00. The van der Waals surface area contributed by atoms with Crippen molar-refractivity contribution in [1.29, 1.82) is 0 Å². The van der Waals surface area contributed by atoms with Crippen LogP contribution in [0.4, 0.5) is 0 Å². The molecule has 0 bridgehead atoms. The first-order valence-electron chi connectivity index (χ1n) is 4.08. The second-order valence-electron chi connectivity index (χ2n) is 3.23. The van der Waals surface area contributed by atoms with Crippen LogP contribution in [0, 0.1) is 5.92 Å². The van der Waals surface area contributed by atoms with Crippen LogP contribution in [-0.4, -0.2) is 31.8 Å². The smallest absolute Gasteiger partial charge is 0.0575 e. The Balaban J connectivity index is 3.37. The molecule has 0 saturated carbocycles. The van der Waals surface area contributed by atoms with Crippen molar-refractivity contribution in [3.63, 3.8) is 0 Å². The van der Waals surface area contributed by atoms with Crippen molar-refractivity contribution < 1.29 is 4.84 Å². The normalized spacial score (nSPS) is 14.5. The third-order valence-electron chi connectivity index (χ3n) is 1.95. The highest BCUT2D eigenvalue weighted by Crippen LogP contribution is 2.03. The summed E-state index contributed by atoms with van der Waals surface area (Å²) < 4.78 is 0. The minimum atomic E-state index is 0.285. The molecule has 0 heterocycles. The van der Waals surface area contributed by atoms with Gasteiger partial charge < -0.3 is 10.6 Å². The molecule has 0 aliphatic carbocycles. The Kier molecular flexibility index (Phi) is 5.46. The van der Waals surface area contributed by atoms with Crippen LogP contribution in [0.25, 0.3) is 0 Å². The lowest BCUT2D eigenvalue weighted by Gasteiger charge is -2.19. The third-order valence-corrected chi connectivity index (χ3v) is 1.95. The van der Waals surface area contributed by atoms with Crippen LogP contribution >= 0.6 is 0 Å². The van der Waals surface area contributed by atoms with Gasteiger partial charge in [0.05, 0.1) is 7.11 Å². The lowest BCUT2D eigenvalue weighted by Crippen LogP contribution is -2.31. The minimum absolute atomic E-state index is 0.285. The summed E-state index contributed by atoms with van der Waals surface area (Å²) in [5.41, 5.74) is 5.84. The molecule has 0 fully saturated rings. The van der Waals surface area contributed by atoms with Crippen LogP contribution in [0.1, 0.15) is 20.3 Å². The van der Waals surface area contributed by atoms with Crippen molar-refractivity contribution >= 4 is 0 Å². The maximum absolute atomic E-state index is 5.84. The summed E-state index contributed by atoms with van der Waals surface area (Å²) in [5.74, 6) is 0.556. The second kappa shape index (κ2) is 5.52. The molecule has 2 N–H and O–H groups in total. The van der Waals surface area contributed by atoms with Crippen molar-refractivity contribution in [3.05, 3.63) is 0 Å². The SMILES string of the molecule is CON(C)CCC(N)C(C)C. The highest BCUT2D eigenvalue weighted by molar-refractivity contribution is 4.65. The van der Waals surface area contributed by atoms with Gasteiger partial charge in [-0.05, 0) is 12.3 Å². The van der Waals surface area contributed by atoms with E-state index in [1.165, 1.54) is 0 Å². The van der Waals surface area contributed by atoms with E-state index in [0.717, 1.165) is 13.0 Å². The Labute approximate surface area is 69.5 Å². The first-order valence-corrected chi connectivity index (χ1v) is 4.08. The van der Waals surface area contributed by atoms with Gasteiger partial charge in [-0.15, -0.1) is 0 Å². The standard InChI is InChI=1S/C8H20N2O/c1-7(2)8(9)5-6-10(3)11-4/h7-8H,5-6,9H2,1-4H3. The molecule has 3 nitrogen and oxygen atoms in total. The molecule has 0 spiro atoms. The molecule has 3 heteroatoms. The summed E-state index contributed by atoms with van der Waals surface area (Å²) in [4.78, 5) is 4.96. The van der Waals surface area contributed by atoms with E-state index in [1.807, 2.05) is 7.05 Å². The van der Waals surface area contributed by atoms with E-state index in [9.17, 15) is 0 Å². The molecule has 0 rings (SSSR count). The molecule has 0 aliphatic rings. The molecule has 1 atom stereocenters. The predicted molar refractivity (Wildman–Crippen MR) is 47.1 cm³/mol. The Morgan fingerprint density at radius 1 is 1.45 bits per heavy atom. The molecule has 0 aromatic heterocycles. The van der Waals surface area contributed by atoms with E-state index in [1.54, 1.807) is 12.2 Å². The Bertz CT molecular complexity index is 96.1. The first kappa shape index (κ1) is 10.9. The maximum Gasteiger partial charge on any atom is 0.0575 e. The number of hydrogen-bond donors (Lipinski definition) is 1. The van der Waals surface area contributed by atoms with Gasteiger partial charge in [0.1, 0.15) is 0 Å². The average Bonchev–Trinajstić information content (AvgIpc) is 1.99. The molecule has 1 unspecified atom stereocenters. The van der Waals surface area contributed by atoms with Gasteiger partial charge in [0.15, 0.2) is 0 Å². The van der Waals surface area contributed by atoms with Crippen LogP contribution < -0.4 is 5.73 Å². The fourth-order valence-electron chi connectivity index (χ4n) is 0.755. The van der Waals surface area contributed by atoms with Crippen LogP contribution in [-0.2, 0) is 4.84 Å². The van der Waals surface area contributed by atoms with Gasteiger partial charge >= 0.3 is 0 Å². The highest BCUT2D eigenvalue weighted by Gasteiger charge is 2.07. The van der Waals surface area contributed by atoms with E-state index in [4.69, 9.17) is 10.6 Å². The van der Waals surface area contributed by atoms with Crippen LogP contribution in [0.3, 0.4) is 0 Å². The summed E-state index contributed by atoms with van der Waals surface area (Å²) >= 11 is 0. The van der Waals surface area contributed by atoms with E-state index >= 15 is 0 Å². The molecule has 0 aliphatic heterocycles. The van der Waals surface area contributed by atoms with Gasteiger partial charge in [0.25, 0.3) is 0 Å². The molecule has 0 radical (unpaired) electrons. The van der Waals surface area contributed by atoms with Gasteiger partial charge in [-0.1, -0.05) is 13.8 Å². The van der Waals surface area contributed by atoms with Gasteiger partial charge in [0, 0.05) is 19.6 Å². The van der Waals surface area contributed by atoms with Gasteiger partial charge in [-0.2, -0.15) is 5.06 Å². The van der Waals surface area contributed by atoms with E-state index in [0.29, 0.717) is 5.92 Å². The highest BCUT2D eigenvalue weighted by atomic mass is 16.7. The van der Waals surface area contributed by atoms with Crippen molar-refractivity contribution in [2.75, 3.05) is 20.7 Å². The number of rotatable bonds is 5. The second-order valence-corrected chi connectivity index (χ2v) is 3.23. The van der Waals surface area contributed by atoms with Gasteiger partial charge in [-0.3, -0.25) is 0 Å². The first-order chi connectivity index (χ1) is 5.07. The molecule has 68 valence electrons. The quantitative estimate of drug-likeness (QED) is 0.606. The van der Waals surface area contributed by atoms with Crippen molar-refractivity contribution in [2.45, 2.75) is 26.3 Å². The van der Waals surface area contributed by atoms with Crippen LogP contribution in [0.15, 0.2) is 0 Å². The molecular formula is C8H20N2O. The largest absolute Gasteiger partial charge is 0.327 e. The Morgan fingerprint density at radius 3 is 2.36 bits per heavy atom. The number of hydroxylamine groups is 2. The molecular weight excluding hydrogens is 140 g/mol. The number of hydrogen-bond acceptors (Lipinski definition) is 3. The summed E-state index contributed by atoms with van der Waals surface area (Å²) in [6.07, 6.45) is 0.988. The zero-order valence-electron chi connectivity index (χ0n) is 8.00. The maximum atomic E-state index is 5.84. The summed E-state index contributed by atoms with van der Waals surface area (Å²) in [7, 11) is 3.58. The lowest BCUT2D eigenvalue weighted by atomic mass is 10.0. The minimum Gasteiger partial charge on any atom is -0.327 e. The lowest BCUT2D eigenvalue weighted by molar-refractivity contribution is -0.110. The topological polar surface area (TPSA) is 38.5 Å². The molecule has 0 amide bonds. The molecule has 0 aromatic rings. The predicted octanol–water partition coefficient (Wildman–Crippen LogP) is 0.853. The van der Waals surface area contributed by atoms with Crippen molar-refractivity contribution in [3.8, 4) is 0 Å². The molecule has 0 saturated heterocycles. The van der Waals surface area contributed by atoms with Gasteiger partial charge in [-0.25, -0.2) is 0 Å². The monoisotopic (exact) mass is 160 g/mol. The average molecular weight is 160 g/mol. The summed E-state index contributed by atoms with van der Waals surface area (Å²) in [6, 6.07) is 0.285. The number of nitrogens with zero attached hydrogens (tertiary/aromatic N) is 1. The van der Waals surface area contributed by atoms with Crippen LogP contribution in [0.5, 0.6) is 0 Å². The van der Waals surface area contributed by atoms with E-state index in [2.05, 4.69) is 13.8 Å². The summed E-state index contributed by atoms with van der Waals surface area (Å²) in [6.45, 7) is 5.17.